The molecule has 2 heterocycles. The topological polar surface area (TPSA) is 35.6 Å². The second-order valence-electron chi connectivity index (χ2n) is 7.36. The zero-order valence-electron chi connectivity index (χ0n) is 14.5. The number of hydrogen-bond acceptors (Lipinski definition) is 3. The Morgan fingerprint density at radius 2 is 1.73 bits per heavy atom. The van der Waals surface area contributed by atoms with Gasteiger partial charge in [-0.3, -0.25) is 9.69 Å². The van der Waals surface area contributed by atoms with Crippen molar-refractivity contribution in [1.29, 1.82) is 0 Å². The summed E-state index contributed by atoms with van der Waals surface area (Å²) < 4.78 is 0. The van der Waals surface area contributed by atoms with Crippen LogP contribution < -0.4 is 5.32 Å². The van der Waals surface area contributed by atoms with E-state index in [2.05, 4.69) is 29.0 Å². The lowest BCUT2D eigenvalue weighted by Crippen LogP contribution is -2.48. The standard InChI is InChI=1S/C17H33N3O.ClH/c1-14-10-15(2)12-20(11-14)17(21)13-19-8-5-16(6-9-19)4-7-18-3;/h14-16,18H,4-13H2,1-3H3;1H. The first-order chi connectivity index (χ1) is 10.1. The van der Waals surface area contributed by atoms with E-state index in [9.17, 15) is 4.79 Å². The maximum atomic E-state index is 12.5. The van der Waals surface area contributed by atoms with Gasteiger partial charge in [0.05, 0.1) is 6.54 Å². The number of rotatable bonds is 5. The molecule has 0 aromatic carbocycles. The van der Waals surface area contributed by atoms with Crippen LogP contribution >= 0.6 is 12.4 Å². The number of nitrogens with zero attached hydrogens (tertiary/aromatic N) is 2. The molecule has 1 amide bonds. The lowest BCUT2D eigenvalue weighted by Gasteiger charge is -2.37. The summed E-state index contributed by atoms with van der Waals surface area (Å²) in [5.74, 6) is 2.51. The van der Waals surface area contributed by atoms with E-state index in [4.69, 9.17) is 0 Å². The minimum absolute atomic E-state index is 0. The first-order valence-corrected chi connectivity index (χ1v) is 8.73. The van der Waals surface area contributed by atoms with Crippen LogP contribution in [0, 0.1) is 17.8 Å². The van der Waals surface area contributed by atoms with Gasteiger partial charge in [-0.15, -0.1) is 12.4 Å². The van der Waals surface area contributed by atoms with E-state index in [0.29, 0.717) is 24.3 Å². The van der Waals surface area contributed by atoms with Crippen molar-refractivity contribution >= 4 is 18.3 Å². The summed E-state index contributed by atoms with van der Waals surface area (Å²) in [6.07, 6.45) is 5.05. The quantitative estimate of drug-likeness (QED) is 0.839. The molecule has 0 aliphatic carbocycles. The molecular weight excluding hydrogens is 298 g/mol. The largest absolute Gasteiger partial charge is 0.341 e. The third-order valence-electron chi connectivity index (χ3n) is 5.09. The van der Waals surface area contributed by atoms with E-state index < -0.39 is 0 Å². The van der Waals surface area contributed by atoms with Gasteiger partial charge in [0.15, 0.2) is 0 Å². The molecule has 2 unspecified atom stereocenters. The maximum absolute atomic E-state index is 12.5. The summed E-state index contributed by atoms with van der Waals surface area (Å²) in [6.45, 7) is 10.4. The number of likely N-dealkylation sites (tertiary alicyclic amines) is 2. The average molecular weight is 332 g/mol. The number of amides is 1. The second-order valence-corrected chi connectivity index (χ2v) is 7.36. The first-order valence-electron chi connectivity index (χ1n) is 8.73. The molecule has 2 fully saturated rings. The molecule has 4 nitrogen and oxygen atoms in total. The molecule has 2 rings (SSSR count). The third kappa shape index (κ3) is 6.05. The van der Waals surface area contributed by atoms with Gasteiger partial charge < -0.3 is 10.2 Å². The van der Waals surface area contributed by atoms with Crippen molar-refractivity contribution in [1.82, 2.24) is 15.1 Å². The van der Waals surface area contributed by atoms with E-state index in [1.54, 1.807) is 0 Å². The Kier molecular flexibility index (Phi) is 8.73. The molecule has 0 aromatic rings. The Morgan fingerprint density at radius 1 is 1.14 bits per heavy atom. The van der Waals surface area contributed by atoms with Crippen molar-refractivity contribution in [2.24, 2.45) is 17.8 Å². The van der Waals surface area contributed by atoms with Gasteiger partial charge in [-0.25, -0.2) is 0 Å². The Balaban J connectivity index is 0.00000242. The fraction of sp³-hybridized carbons (Fsp3) is 0.941. The zero-order chi connectivity index (χ0) is 15.2. The lowest BCUT2D eigenvalue weighted by atomic mass is 9.91. The van der Waals surface area contributed by atoms with Crippen molar-refractivity contribution in [3.05, 3.63) is 0 Å². The number of nitrogens with one attached hydrogen (secondary N) is 1. The van der Waals surface area contributed by atoms with Crippen molar-refractivity contribution < 1.29 is 4.79 Å². The van der Waals surface area contributed by atoms with E-state index in [1.807, 2.05) is 7.05 Å². The molecule has 2 aliphatic heterocycles. The molecular formula is C17H34ClN3O. The Labute approximate surface area is 142 Å². The summed E-state index contributed by atoms with van der Waals surface area (Å²) in [6, 6.07) is 0. The summed E-state index contributed by atoms with van der Waals surface area (Å²) in [4.78, 5) is 17.0. The smallest absolute Gasteiger partial charge is 0.236 e. The highest BCUT2D eigenvalue weighted by Gasteiger charge is 2.27. The molecule has 0 saturated carbocycles. The summed E-state index contributed by atoms with van der Waals surface area (Å²) >= 11 is 0. The van der Waals surface area contributed by atoms with E-state index in [-0.39, 0.29) is 12.4 Å². The average Bonchev–Trinajstić information content (AvgIpc) is 2.45. The highest BCUT2D eigenvalue weighted by atomic mass is 35.5. The van der Waals surface area contributed by atoms with Crippen LogP contribution in [-0.4, -0.2) is 62.0 Å². The van der Waals surface area contributed by atoms with Crippen LogP contribution in [0.1, 0.15) is 39.5 Å². The Hall–Kier alpha value is -0.320. The van der Waals surface area contributed by atoms with Crippen LogP contribution in [0.25, 0.3) is 0 Å². The van der Waals surface area contributed by atoms with Gasteiger partial charge in [-0.2, -0.15) is 0 Å². The summed E-state index contributed by atoms with van der Waals surface area (Å²) in [7, 11) is 2.02. The predicted octanol–water partition coefficient (Wildman–Crippen LogP) is 2.23. The fourth-order valence-electron chi connectivity index (χ4n) is 3.94. The fourth-order valence-corrected chi connectivity index (χ4v) is 3.94. The van der Waals surface area contributed by atoms with Gasteiger partial charge >= 0.3 is 0 Å². The molecule has 22 heavy (non-hydrogen) atoms. The van der Waals surface area contributed by atoms with Gasteiger partial charge in [0.1, 0.15) is 0 Å². The highest BCUT2D eigenvalue weighted by molar-refractivity contribution is 5.85. The molecule has 2 atom stereocenters. The van der Waals surface area contributed by atoms with E-state index in [0.717, 1.165) is 38.6 Å². The molecule has 1 N–H and O–H groups in total. The molecule has 2 saturated heterocycles. The minimum Gasteiger partial charge on any atom is -0.341 e. The number of halogens is 1. The third-order valence-corrected chi connectivity index (χ3v) is 5.09. The Morgan fingerprint density at radius 3 is 2.27 bits per heavy atom. The first kappa shape index (κ1) is 19.7. The van der Waals surface area contributed by atoms with Crippen LogP contribution in [0.15, 0.2) is 0 Å². The van der Waals surface area contributed by atoms with E-state index >= 15 is 0 Å². The monoisotopic (exact) mass is 331 g/mol. The van der Waals surface area contributed by atoms with Gasteiger partial charge in [0.2, 0.25) is 5.91 Å². The van der Waals surface area contributed by atoms with Gasteiger partial charge in [0.25, 0.3) is 0 Å². The van der Waals surface area contributed by atoms with Gasteiger partial charge in [-0.1, -0.05) is 13.8 Å². The van der Waals surface area contributed by atoms with Crippen molar-refractivity contribution in [3.63, 3.8) is 0 Å². The summed E-state index contributed by atoms with van der Waals surface area (Å²) in [5, 5.41) is 3.24. The second kappa shape index (κ2) is 9.74. The van der Waals surface area contributed by atoms with Crippen LogP contribution in [0.3, 0.4) is 0 Å². The molecule has 0 bridgehead atoms. The van der Waals surface area contributed by atoms with Crippen LogP contribution in [0.4, 0.5) is 0 Å². The van der Waals surface area contributed by atoms with Gasteiger partial charge in [0, 0.05) is 13.1 Å². The minimum atomic E-state index is 0. The van der Waals surface area contributed by atoms with Crippen LogP contribution in [0.2, 0.25) is 0 Å². The number of carbonyl (C=O) groups is 1. The molecule has 5 heteroatoms. The van der Waals surface area contributed by atoms with E-state index in [1.165, 1.54) is 25.7 Å². The summed E-state index contributed by atoms with van der Waals surface area (Å²) in [5.41, 5.74) is 0. The van der Waals surface area contributed by atoms with Gasteiger partial charge in [-0.05, 0) is 70.1 Å². The normalized spacial score (nSPS) is 27.5. The van der Waals surface area contributed by atoms with Crippen molar-refractivity contribution in [2.45, 2.75) is 39.5 Å². The zero-order valence-corrected chi connectivity index (χ0v) is 15.3. The molecule has 2 aliphatic rings. The van der Waals surface area contributed by atoms with Crippen LogP contribution in [0.5, 0.6) is 0 Å². The SMILES string of the molecule is CNCCC1CCN(CC(=O)N2CC(C)CC(C)C2)CC1.Cl. The maximum Gasteiger partial charge on any atom is 0.236 e. The highest BCUT2D eigenvalue weighted by Crippen LogP contribution is 2.22. The van der Waals surface area contributed by atoms with Crippen LogP contribution in [-0.2, 0) is 4.79 Å². The number of piperidine rings is 2. The Bertz CT molecular complexity index is 322. The number of hydrogen-bond donors (Lipinski definition) is 1. The van der Waals surface area contributed by atoms with Crippen molar-refractivity contribution in [3.8, 4) is 0 Å². The molecule has 130 valence electrons. The molecule has 0 aromatic heterocycles. The molecule has 0 spiro atoms. The molecule has 0 radical (unpaired) electrons. The van der Waals surface area contributed by atoms with Crippen molar-refractivity contribution in [2.75, 3.05) is 46.3 Å². The predicted molar refractivity (Wildman–Crippen MR) is 94.5 cm³/mol. The number of carbonyl (C=O) groups excluding carboxylic acids is 1. The lowest BCUT2D eigenvalue weighted by molar-refractivity contribution is -0.135.